The van der Waals surface area contributed by atoms with Crippen molar-refractivity contribution in [3.05, 3.63) is 29.8 Å². The molecule has 0 saturated carbocycles. The number of anilines is 1. The Morgan fingerprint density at radius 1 is 1.32 bits per heavy atom. The van der Waals surface area contributed by atoms with Gasteiger partial charge >= 0.3 is 6.03 Å². The maximum Gasteiger partial charge on any atom is 0.312 e. The first kappa shape index (κ1) is 17.8. The van der Waals surface area contributed by atoms with E-state index in [1.165, 1.54) is 7.05 Å². The van der Waals surface area contributed by atoms with Gasteiger partial charge in [0.25, 0.3) is 5.91 Å². The van der Waals surface area contributed by atoms with Crippen LogP contribution in [0.5, 0.6) is 0 Å². The number of hydrogen-bond donors (Lipinski definition) is 4. The molecule has 1 atom stereocenters. The zero-order chi connectivity index (χ0) is 16.5. The fourth-order valence-corrected chi connectivity index (χ4v) is 2.26. The number of urea groups is 1. The van der Waals surface area contributed by atoms with Crippen molar-refractivity contribution in [3.8, 4) is 0 Å². The van der Waals surface area contributed by atoms with Crippen molar-refractivity contribution in [1.82, 2.24) is 10.6 Å². The lowest BCUT2D eigenvalue weighted by Crippen LogP contribution is -2.46. The molecule has 7 nitrogen and oxygen atoms in total. The molecule has 8 heteroatoms. The molecule has 120 valence electrons. The van der Waals surface area contributed by atoms with E-state index in [1.807, 2.05) is 6.26 Å². The van der Waals surface area contributed by atoms with Crippen LogP contribution in [-0.4, -0.2) is 42.9 Å². The van der Waals surface area contributed by atoms with Crippen LogP contribution in [0.4, 0.5) is 10.5 Å². The van der Waals surface area contributed by atoms with Gasteiger partial charge in [0.15, 0.2) is 0 Å². The molecule has 0 aliphatic heterocycles. The van der Waals surface area contributed by atoms with Crippen LogP contribution < -0.4 is 21.7 Å². The third kappa shape index (κ3) is 5.65. The average molecular weight is 324 g/mol. The number of rotatable bonds is 7. The van der Waals surface area contributed by atoms with Crippen LogP contribution in [0.1, 0.15) is 16.8 Å². The van der Waals surface area contributed by atoms with Crippen molar-refractivity contribution in [3.63, 3.8) is 0 Å². The molecule has 1 unspecified atom stereocenters. The molecule has 22 heavy (non-hydrogen) atoms. The van der Waals surface area contributed by atoms with E-state index in [2.05, 4.69) is 16.0 Å². The van der Waals surface area contributed by atoms with Crippen LogP contribution in [0.15, 0.2) is 24.3 Å². The number of hydrogen-bond acceptors (Lipinski definition) is 4. The lowest BCUT2D eigenvalue weighted by molar-refractivity contribution is -0.117. The normalized spacial score (nSPS) is 11.4. The van der Waals surface area contributed by atoms with E-state index in [0.717, 1.165) is 0 Å². The number of amides is 4. The molecule has 0 radical (unpaired) electrons. The summed E-state index contributed by atoms with van der Waals surface area (Å²) in [6.45, 7) is 0. The topological polar surface area (TPSA) is 113 Å². The quantitative estimate of drug-likeness (QED) is 0.593. The second-order valence-corrected chi connectivity index (χ2v) is 5.48. The second-order valence-electron chi connectivity index (χ2n) is 4.49. The molecule has 5 N–H and O–H groups in total. The SMILES string of the molecule is CNC(=O)c1cccc(NC(=O)C(CCSC)NC(N)=O)c1. The van der Waals surface area contributed by atoms with Crippen LogP contribution in [-0.2, 0) is 4.79 Å². The maximum absolute atomic E-state index is 12.2. The highest BCUT2D eigenvalue weighted by Gasteiger charge is 2.19. The van der Waals surface area contributed by atoms with Gasteiger partial charge in [0.2, 0.25) is 5.91 Å². The molecule has 0 bridgehead atoms. The highest BCUT2D eigenvalue weighted by Crippen LogP contribution is 2.12. The van der Waals surface area contributed by atoms with Crippen molar-refractivity contribution >= 4 is 35.3 Å². The predicted octanol–water partition coefficient (Wildman–Crippen LogP) is 0.775. The lowest BCUT2D eigenvalue weighted by Gasteiger charge is -2.17. The second kappa shape index (κ2) is 8.93. The molecule has 1 aromatic carbocycles. The van der Waals surface area contributed by atoms with Gasteiger partial charge in [-0.15, -0.1) is 0 Å². The van der Waals surface area contributed by atoms with Crippen LogP contribution in [0.25, 0.3) is 0 Å². The molecule has 0 saturated heterocycles. The summed E-state index contributed by atoms with van der Waals surface area (Å²) in [6, 6.07) is 5.07. The van der Waals surface area contributed by atoms with Gasteiger partial charge in [-0.3, -0.25) is 9.59 Å². The minimum absolute atomic E-state index is 0.245. The Labute approximate surface area is 133 Å². The first-order valence-electron chi connectivity index (χ1n) is 6.65. The smallest absolute Gasteiger partial charge is 0.312 e. The van der Waals surface area contributed by atoms with Crippen LogP contribution in [0.2, 0.25) is 0 Å². The summed E-state index contributed by atoms with van der Waals surface area (Å²) >= 11 is 1.57. The molecule has 0 fully saturated rings. The standard InChI is InChI=1S/C14H20N4O3S/c1-16-12(19)9-4-3-5-10(8-9)17-13(20)11(6-7-22-2)18-14(15)21/h3-5,8,11H,6-7H2,1-2H3,(H,16,19)(H,17,20)(H3,15,18,21). The molecule has 0 aromatic heterocycles. The molecular formula is C14H20N4O3S. The summed E-state index contributed by atoms with van der Waals surface area (Å²) < 4.78 is 0. The maximum atomic E-state index is 12.2. The van der Waals surface area contributed by atoms with Gasteiger partial charge in [-0.25, -0.2) is 4.79 Å². The minimum atomic E-state index is -0.750. The van der Waals surface area contributed by atoms with Gasteiger partial charge in [0.1, 0.15) is 6.04 Å². The van der Waals surface area contributed by atoms with Crippen LogP contribution >= 0.6 is 11.8 Å². The summed E-state index contributed by atoms with van der Waals surface area (Å²) in [5, 5.41) is 7.61. The zero-order valence-corrected chi connectivity index (χ0v) is 13.3. The Hall–Kier alpha value is -2.22. The summed E-state index contributed by atoms with van der Waals surface area (Å²) in [5.41, 5.74) is 6.00. The van der Waals surface area contributed by atoms with Crippen molar-refractivity contribution in [2.45, 2.75) is 12.5 Å². The first-order chi connectivity index (χ1) is 10.5. The number of carbonyl (C=O) groups is 3. The number of thioether (sulfide) groups is 1. The van der Waals surface area contributed by atoms with Gasteiger partial charge in [-0.1, -0.05) is 6.07 Å². The van der Waals surface area contributed by atoms with Crippen LogP contribution in [0.3, 0.4) is 0 Å². The molecule has 0 heterocycles. The fourth-order valence-electron chi connectivity index (χ4n) is 1.79. The Morgan fingerprint density at radius 2 is 2.05 bits per heavy atom. The molecular weight excluding hydrogens is 304 g/mol. The fraction of sp³-hybridized carbons (Fsp3) is 0.357. The van der Waals surface area contributed by atoms with E-state index in [4.69, 9.17) is 5.73 Å². The van der Waals surface area contributed by atoms with Gasteiger partial charge < -0.3 is 21.7 Å². The summed E-state index contributed by atoms with van der Waals surface area (Å²) in [5.74, 6) is 0.0867. The van der Waals surface area contributed by atoms with Crippen molar-refractivity contribution < 1.29 is 14.4 Å². The number of nitrogens with one attached hydrogen (secondary N) is 3. The number of nitrogens with two attached hydrogens (primary N) is 1. The molecule has 4 amide bonds. The summed E-state index contributed by atoms with van der Waals surface area (Å²) in [7, 11) is 1.53. The van der Waals surface area contributed by atoms with Crippen molar-refractivity contribution in [2.75, 3.05) is 24.4 Å². The lowest BCUT2D eigenvalue weighted by atomic mass is 10.1. The first-order valence-corrected chi connectivity index (χ1v) is 8.05. The number of primary amides is 1. The third-order valence-corrected chi connectivity index (χ3v) is 3.51. The number of carbonyl (C=O) groups excluding carboxylic acids is 3. The Kier molecular flexibility index (Phi) is 7.24. The van der Waals surface area contributed by atoms with Gasteiger partial charge in [0.05, 0.1) is 0 Å². The van der Waals surface area contributed by atoms with E-state index >= 15 is 0 Å². The summed E-state index contributed by atoms with van der Waals surface area (Å²) in [4.78, 5) is 34.8. The van der Waals surface area contributed by atoms with E-state index in [-0.39, 0.29) is 11.8 Å². The van der Waals surface area contributed by atoms with Crippen molar-refractivity contribution in [2.24, 2.45) is 5.73 Å². The van der Waals surface area contributed by atoms with Crippen LogP contribution in [0, 0.1) is 0 Å². The molecule has 0 aliphatic carbocycles. The molecule has 0 aliphatic rings. The van der Waals surface area contributed by atoms with Crippen molar-refractivity contribution in [1.29, 1.82) is 0 Å². The van der Waals surface area contributed by atoms with Gasteiger partial charge in [-0.05, 0) is 36.6 Å². The van der Waals surface area contributed by atoms with E-state index in [0.29, 0.717) is 23.4 Å². The van der Waals surface area contributed by atoms with Gasteiger partial charge in [0, 0.05) is 18.3 Å². The zero-order valence-electron chi connectivity index (χ0n) is 12.5. The minimum Gasteiger partial charge on any atom is -0.355 e. The number of benzene rings is 1. The average Bonchev–Trinajstić information content (AvgIpc) is 2.50. The molecule has 1 rings (SSSR count). The Morgan fingerprint density at radius 3 is 2.64 bits per heavy atom. The van der Waals surface area contributed by atoms with Gasteiger partial charge in [-0.2, -0.15) is 11.8 Å². The van der Waals surface area contributed by atoms with E-state index < -0.39 is 12.1 Å². The molecule has 1 aromatic rings. The highest BCUT2D eigenvalue weighted by atomic mass is 32.2. The highest BCUT2D eigenvalue weighted by molar-refractivity contribution is 7.98. The van der Waals surface area contributed by atoms with E-state index in [9.17, 15) is 14.4 Å². The Balaban J connectivity index is 2.79. The largest absolute Gasteiger partial charge is 0.355 e. The third-order valence-electron chi connectivity index (χ3n) is 2.86. The Bertz CT molecular complexity index is 551. The van der Waals surface area contributed by atoms with E-state index in [1.54, 1.807) is 36.0 Å². The monoisotopic (exact) mass is 324 g/mol. The molecule has 0 spiro atoms. The summed E-state index contributed by atoms with van der Waals surface area (Å²) in [6.07, 6.45) is 2.37. The predicted molar refractivity (Wildman–Crippen MR) is 88.0 cm³/mol.